The predicted octanol–water partition coefficient (Wildman–Crippen LogP) is 1.49. The Morgan fingerprint density at radius 2 is 2.26 bits per heavy atom. The first-order valence-electron chi connectivity index (χ1n) is 7.17. The van der Waals surface area contributed by atoms with E-state index in [-0.39, 0.29) is 0 Å². The molecule has 106 valence electrons. The minimum Gasteiger partial charge on any atom is -0.484 e. The summed E-state index contributed by atoms with van der Waals surface area (Å²) in [7, 11) is 0. The second-order valence-corrected chi connectivity index (χ2v) is 6.20. The fraction of sp³-hybridized carbons (Fsp3) is 0.714. The molecule has 1 fully saturated rings. The van der Waals surface area contributed by atoms with Gasteiger partial charge in [-0.1, -0.05) is 0 Å². The van der Waals surface area contributed by atoms with Gasteiger partial charge in [-0.25, -0.2) is 0 Å². The monoisotopic (exact) mass is 282 g/mol. The van der Waals surface area contributed by atoms with Crippen LogP contribution in [0.1, 0.15) is 16.9 Å². The Morgan fingerprint density at radius 1 is 1.37 bits per heavy atom. The summed E-state index contributed by atoms with van der Waals surface area (Å²) in [6.07, 6.45) is 2.25. The molecule has 0 spiro atoms. The molecule has 0 radical (unpaired) electrons. The molecule has 1 aromatic heterocycles. The molecule has 0 bridgehead atoms. The van der Waals surface area contributed by atoms with Gasteiger partial charge in [-0.05, 0) is 24.5 Å². The standard InChI is InChI=1S/C14H22N2O2S/c1(4-16-5-8-17-9-6-16)7-18-14-10-12-11-15-3-2-13(12)19-14/h10,15H,1-9,11H2. The molecule has 0 aliphatic carbocycles. The second kappa shape index (κ2) is 6.70. The van der Waals surface area contributed by atoms with Crippen molar-refractivity contribution in [1.82, 2.24) is 10.2 Å². The Morgan fingerprint density at radius 3 is 3.11 bits per heavy atom. The lowest BCUT2D eigenvalue weighted by molar-refractivity contribution is 0.0358. The highest BCUT2D eigenvalue weighted by Crippen LogP contribution is 2.31. The fourth-order valence-corrected chi connectivity index (χ4v) is 3.63. The van der Waals surface area contributed by atoms with Crippen LogP contribution in [-0.4, -0.2) is 50.9 Å². The summed E-state index contributed by atoms with van der Waals surface area (Å²) < 4.78 is 11.2. The number of hydrogen-bond acceptors (Lipinski definition) is 5. The van der Waals surface area contributed by atoms with Gasteiger partial charge in [0.2, 0.25) is 0 Å². The van der Waals surface area contributed by atoms with Crippen LogP contribution in [0.3, 0.4) is 0 Å². The lowest BCUT2D eigenvalue weighted by atomic mass is 10.1. The summed E-state index contributed by atoms with van der Waals surface area (Å²) in [5.41, 5.74) is 1.43. The third-order valence-corrected chi connectivity index (χ3v) is 4.83. The number of fused-ring (bicyclic) bond motifs is 1. The molecule has 5 heteroatoms. The van der Waals surface area contributed by atoms with Crippen molar-refractivity contribution in [3.8, 4) is 5.06 Å². The Hall–Kier alpha value is -0.620. The molecular weight excluding hydrogens is 260 g/mol. The Balaban J connectivity index is 1.38. The van der Waals surface area contributed by atoms with Crippen LogP contribution in [-0.2, 0) is 17.7 Å². The quantitative estimate of drug-likeness (QED) is 0.830. The van der Waals surface area contributed by atoms with E-state index in [1.807, 2.05) is 11.3 Å². The van der Waals surface area contributed by atoms with Crippen LogP contribution >= 0.6 is 11.3 Å². The number of hydrogen-bond donors (Lipinski definition) is 1. The highest BCUT2D eigenvalue weighted by Gasteiger charge is 2.14. The van der Waals surface area contributed by atoms with E-state index in [1.54, 1.807) is 0 Å². The van der Waals surface area contributed by atoms with E-state index < -0.39 is 0 Å². The first kappa shape index (κ1) is 13.4. The molecule has 1 N–H and O–H groups in total. The average Bonchev–Trinajstić information content (AvgIpc) is 2.87. The number of nitrogens with zero attached hydrogens (tertiary/aromatic N) is 1. The van der Waals surface area contributed by atoms with Crippen molar-refractivity contribution in [1.29, 1.82) is 0 Å². The van der Waals surface area contributed by atoms with Crippen LogP contribution < -0.4 is 10.1 Å². The molecule has 0 saturated carbocycles. The highest BCUT2D eigenvalue weighted by molar-refractivity contribution is 7.14. The Labute approximate surface area is 118 Å². The van der Waals surface area contributed by atoms with E-state index >= 15 is 0 Å². The lowest BCUT2D eigenvalue weighted by Crippen LogP contribution is -2.37. The number of morpholine rings is 1. The highest BCUT2D eigenvalue weighted by atomic mass is 32.1. The van der Waals surface area contributed by atoms with Gasteiger partial charge in [0.15, 0.2) is 5.06 Å². The first-order chi connectivity index (χ1) is 9.42. The van der Waals surface area contributed by atoms with Crippen molar-refractivity contribution in [3.05, 3.63) is 16.5 Å². The summed E-state index contributed by atoms with van der Waals surface area (Å²) in [4.78, 5) is 3.96. The largest absolute Gasteiger partial charge is 0.484 e. The van der Waals surface area contributed by atoms with Gasteiger partial charge in [-0.2, -0.15) is 0 Å². The van der Waals surface area contributed by atoms with Gasteiger partial charge in [0, 0.05) is 37.6 Å². The molecule has 2 aliphatic rings. The van der Waals surface area contributed by atoms with E-state index in [1.165, 1.54) is 10.4 Å². The topological polar surface area (TPSA) is 33.7 Å². The third kappa shape index (κ3) is 3.69. The summed E-state index contributed by atoms with van der Waals surface area (Å²) in [6.45, 7) is 7.95. The SMILES string of the molecule is c1c(OCCCN2CCOCC2)sc2c1CNCC2. The summed E-state index contributed by atoms with van der Waals surface area (Å²) in [5, 5.41) is 4.49. The van der Waals surface area contributed by atoms with Gasteiger partial charge in [0.1, 0.15) is 0 Å². The number of rotatable bonds is 5. The Bertz CT molecular complexity index is 379. The molecule has 0 unspecified atom stereocenters. The third-order valence-electron chi connectivity index (χ3n) is 3.69. The summed E-state index contributed by atoms with van der Waals surface area (Å²) in [6, 6.07) is 2.21. The minimum atomic E-state index is 0.824. The van der Waals surface area contributed by atoms with Gasteiger partial charge >= 0.3 is 0 Å². The zero-order valence-electron chi connectivity index (χ0n) is 11.3. The van der Waals surface area contributed by atoms with Crippen molar-refractivity contribution in [2.24, 2.45) is 0 Å². The van der Waals surface area contributed by atoms with E-state index in [0.29, 0.717) is 0 Å². The van der Waals surface area contributed by atoms with Crippen molar-refractivity contribution in [2.75, 3.05) is 46.0 Å². The normalized spacial score (nSPS) is 20.2. The fourth-order valence-electron chi connectivity index (χ4n) is 2.58. The van der Waals surface area contributed by atoms with Gasteiger partial charge in [0.25, 0.3) is 0 Å². The molecule has 0 atom stereocenters. The van der Waals surface area contributed by atoms with Crippen molar-refractivity contribution in [3.63, 3.8) is 0 Å². The predicted molar refractivity (Wildman–Crippen MR) is 77.1 cm³/mol. The van der Waals surface area contributed by atoms with Gasteiger partial charge < -0.3 is 14.8 Å². The van der Waals surface area contributed by atoms with Gasteiger partial charge in [-0.15, -0.1) is 11.3 Å². The molecule has 1 aromatic rings. The van der Waals surface area contributed by atoms with E-state index in [2.05, 4.69) is 16.3 Å². The van der Waals surface area contributed by atoms with Gasteiger partial charge in [-0.3, -0.25) is 4.90 Å². The van der Waals surface area contributed by atoms with Crippen LogP contribution in [0.25, 0.3) is 0 Å². The number of nitrogens with one attached hydrogen (secondary N) is 1. The molecule has 1 saturated heterocycles. The zero-order valence-corrected chi connectivity index (χ0v) is 12.1. The molecule has 3 heterocycles. The lowest BCUT2D eigenvalue weighted by Gasteiger charge is -2.26. The molecule has 0 amide bonds. The molecule has 0 aromatic carbocycles. The van der Waals surface area contributed by atoms with Crippen LogP contribution in [0.2, 0.25) is 0 Å². The summed E-state index contributed by atoms with van der Waals surface area (Å²) in [5.74, 6) is 0. The summed E-state index contributed by atoms with van der Waals surface area (Å²) >= 11 is 1.83. The van der Waals surface area contributed by atoms with Crippen LogP contribution in [0.4, 0.5) is 0 Å². The van der Waals surface area contributed by atoms with Crippen LogP contribution in [0.15, 0.2) is 6.07 Å². The zero-order chi connectivity index (χ0) is 12.9. The maximum Gasteiger partial charge on any atom is 0.174 e. The number of thiophene rings is 1. The number of ether oxygens (including phenoxy) is 2. The molecular formula is C14H22N2O2S. The first-order valence-corrected chi connectivity index (χ1v) is 7.99. The minimum absolute atomic E-state index is 0.824. The smallest absolute Gasteiger partial charge is 0.174 e. The Kier molecular flexibility index (Phi) is 4.71. The second-order valence-electron chi connectivity index (χ2n) is 5.10. The van der Waals surface area contributed by atoms with Crippen LogP contribution in [0, 0.1) is 0 Å². The molecule has 19 heavy (non-hydrogen) atoms. The van der Waals surface area contributed by atoms with Crippen LogP contribution in [0.5, 0.6) is 5.06 Å². The maximum absolute atomic E-state index is 5.88. The molecule has 2 aliphatic heterocycles. The van der Waals surface area contributed by atoms with E-state index in [4.69, 9.17) is 9.47 Å². The van der Waals surface area contributed by atoms with Crippen molar-refractivity contribution >= 4 is 11.3 Å². The van der Waals surface area contributed by atoms with Gasteiger partial charge in [0.05, 0.1) is 19.8 Å². The van der Waals surface area contributed by atoms with E-state index in [9.17, 15) is 0 Å². The van der Waals surface area contributed by atoms with Crippen molar-refractivity contribution in [2.45, 2.75) is 19.4 Å². The molecule has 4 nitrogen and oxygen atoms in total. The average molecular weight is 282 g/mol. The maximum atomic E-state index is 5.88. The van der Waals surface area contributed by atoms with E-state index in [0.717, 1.165) is 70.4 Å². The van der Waals surface area contributed by atoms with Crippen molar-refractivity contribution < 1.29 is 9.47 Å². The molecule has 3 rings (SSSR count).